The van der Waals surface area contributed by atoms with E-state index in [0.717, 1.165) is 79.1 Å². The van der Waals surface area contributed by atoms with E-state index in [0.29, 0.717) is 32.0 Å². The lowest BCUT2D eigenvalue weighted by Crippen LogP contribution is -2.48. The van der Waals surface area contributed by atoms with E-state index in [-0.39, 0.29) is 9.75 Å². The van der Waals surface area contributed by atoms with Gasteiger partial charge >= 0.3 is 17.8 Å². The molecule has 0 radical (unpaired) electrons. The summed E-state index contributed by atoms with van der Waals surface area (Å²) < 4.78 is 95.8. The van der Waals surface area contributed by atoms with Crippen molar-refractivity contribution < 1.29 is 26.3 Å². The molecule has 9 rings (SSSR count). The molecule has 0 unspecified atom stereocenters. The summed E-state index contributed by atoms with van der Waals surface area (Å²) in [5, 5.41) is 0. The standard InChI is InChI=1S/C55H44F6N2S2/c1-33-7-19-41(20-8-33)62(42-21-9-34(2)10-22-42)45-27-15-39(16-28-45)47-31-49(64-37(47)5)51-52(54(58,59)55(60,61)53(51,56)57)50-32-48(38(6)65-50)40-17-29-46(30-18-40)63(43-23-11-35(3)12-24-43)44-25-13-36(4)14-26-44/h7-32H,1-6H3. The second kappa shape index (κ2) is 16.6. The lowest BCUT2D eigenvalue weighted by Gasteiger charge is -2.26. The highest BCUT2D eigenvalue weighted by Gasteiger charge is 2.80. The van der Waals surface area contributed by atoms with E-state index in [1.54, 1.807) is 13.8 Å². The number of halogens is 6. The molecule has 10 heteroatoms. The molecule has 0 atom stereocenters. The van der Waals surface area contributed by atoms with Crippen LogP contribution in [0.3, 0.4) is 0 Å². The molecule has 1 aliphatic carbocycles. The number of anilines is 6. The van der Waals surface area contributed by atoms with Crippen LogP contribution in [0.15, 0.2) is 158 Å². The number of benzene rings is 6. The Morgan fingerprint density at radius 1 is 0.338 bits per heavy atom. The van der Waals surface area contributed by atoms with Gasteiger partial charge in [-0.2, -0.15) is 26.3 Å². The molecule has 0 fully saturated rings. The van der Waals surface area contributed by atoms with E-state index in [1.807, 2.05) is 173 Å². The first kappa shape index (κ1) is 43.9. The lowest BCUT2D eigenvalue weighted by atomic mass is 10.00. The maximum Gasteiger partial charge on any atom is 0.380 e. The Kier molecular flexibility index (Phi) is 11.2. The minimum Gasteiger partial charge on any atom is -0.311 e. The van der Waals surface area contributed by atoms with Gasteiger partial charge in [0, 0.05) is 53.6 Å². The van der Waals surface area contributed by atoms with Crippen molar-refractivity contribution in [1.29, 1.82) is 0 Å². The van der Waals surface area contributed by atoms with Crippen LogP contribution in [0.4, 0.5) is 60.5 Å². The number of nitrogens with zero attached hydrogens (tertiary/aromatic N) is 2. The van der Waals surface area contributed by atoms with Crippen molar-refractivity contribution in [3.63, 3.8) is 0 Å². The van der Waals surface area contributed by atoms with Crippen molar-refractivity contribution in [1.82, 2.24) is 0 Å². The summed E-state index contributed by atoms with van der Waals surface area (Å²) in [4.78, 5) is 4.57. The minimum atomic E-state index is -5.67. The molecule has 65 heavy (non-hydrogen) atoms. The van der Waals surface area contributed by atoms with Crippen LogP contribution in [0.1, 0.15) is 41.8 Å². The molecule has 0 bridgehead atoms. The van der Waals surface area contributed by atoms with Crippen LogP contribution in [0.25, 0.3) is 33.4 Å². The van der Waals surface area contributed by atoms with Crippen LogP contribution < -0.4 is 9.80 Å². The van der Waals surface area contributed by atoms with Gasteiger partial charge < -0.3 is 9.80 Å². The van der Waals surface area contributed by atoms with Gasteiger partial charge in [0.1, 0.15) is 0 Å². The zero-order valence-corrected chi connectivity index (χ0v) is 38.1. The maximum absolute atomic E-state index is 16.1. The number of thiophene rings is 2. The number of allylic oxidation sites excluding steroid dienone is 2. The number of aryl methyl sites for hydroxylation is 6. The first-order valence-electron chi connectivity index (χ1n) is 21.1. The van der Waals surface area contributed by atoms with Gasteiger partial charge in [0.05, 0.1) is 11.1 Å². The summed E-state index contributed by atoms with van der Waals surface area (Å²) in [6.07, 6.45) is 0. The molecule has 0 saturated carbocycles. The summed E-state index contributed by atoms with van der Waals surface area (Å²) >= 11 is 1.62. The fraction of sp³-hybridized carbons (Fsp3) is 0.164. The number of hydrogen-bond acceptors (Lipinski definition) is 4. The van der Waals surface area contributed by atoms with E-state index in [4.69, 9.17) is 0 Å². The van der Waals surface area contributed by atoms with Gasteiger partial charge in [0.2, 0.25) is 0 Å². The second-order valence-corrected chi connectivity index (χ2v) is 19.3. The third-order valence-corrected chi connectivity index (χ3v) is 14.2. The predicted octanol–water partition coefficient (Wildman–Crippen LogP) is 17.8. The van der Waals surface area contributed by atoms with Crippen molar-refractivity contribution in [2.24, 2.45) is 0 Å². The Morgan fingerprint density at radius 3 is 0.815 bits per heavy atom. The molecule has 0 spiro atoms. The number of rotatable bonds is 10. The largest absolute Gasteiger partial charge is 0.380 e. The number of alkyl halides is 6. The molecule has 0 aliphatic heterocycles. The van der Waals surface area contributed by atoms with E-state index in [1.165, 1.54) is 12.1 Å². The molecular formula is C55H44F6N2S2. The Labute approximate surface area is 383 Å². The van der Waals surface area contributed by atoms with Crippen molar-refractivity contribution in [3.8, 4) is 22.3 Å². The fourth-order valence-electron chi connectivity index (χ4n) is 8.41. The predicted molar refractivity (Wildman–Crippen MR) is 259 cm³/mol. The van der Waals surface area contributed by atoms with Crippen LogP contribution in [0.2, 0.25) is 0 Å². The van der Waals surface area contributed by atoms with Crippen LogP contribution >= 0.6 is 22.7 Å². The lowest BCUT2D eigenvalue weighted by molar-refractivity contribution is -0.254. The highest BCUT2D eigenvalue weighted by molar-refractivity contribution is 7.14. The highest BCUT2D eigenvalue weighted by Crippen LogP contribution is 2.66. The van der Waals surface area contributed by atoms with Gasteiger partial charge in [-0.15, -0.1) is 22.7 Å². The molecule has 2 nitrogen and oxygen atoms in total. The molecule has 0 amide bonds. The average molecular weight is 911 g/mol. The summed E-state index contributed by atoms with van der Waals surface area (Å²) in [6.45, 7) is 11.4. The Bertz CT molecular complexity index is 2740. The van der Waals surface area contributed by atoms with E-state index in [2.05, 4.69) is 9.80 Å². The van der Waals surface area contributed by atoms with Gasteiger partial charge in [-0.05, 0) is 149 Å². The molecule has 2 heterocycles. The SMILES string of the molecule is Cc1ccc(N(c2ccc(C)cc2)c2ccc(-c3cc(C4=C(c5cc(-c6ccc(N(c7ccc(C)cc7)c7ccc(C)cc7)cc6)c(C)s5)C(F)(F)C(F)(F)C4(F)F)sc3C)cc2)cc1. The third kappa shape index (κ3) is 7.76. The summed E-state index contributed by atoms with van der Waals surface area (Å²) in [5.41, 5.74) is 9.36. The minimum absolute atomic E-state index is 0.330. The van der Waals surface area contributed by atoms with E-state index in [9.17, 15) is 0 Å². The second-order valence-electron chi connectivity index (χ2n) is 16.7. The molecule has 1 aliphatic rings. The average Bonchev–Trinajstić information content (AvgIpc) is 3.89. The third-order valence-electron chi connectivity index (χ3n) is 12.0. The molecule has 6 aromatic carbocycles. The monoisotopic (exact) mass is 910 g/mol. The molecule has 8 aromatic rings. The normalized spacial score (nSPS) is 15.1. The van der Waals surface area contributed by atoms with Crippen LogP contribution in [-0.2, 0) is 0 Å². The van der Waals surface area contributed by atoms with Crippen molar-refractivity contribution >= 4 is 67.9 Å². The molecular weight excluding hydrogens is 867 g/mol. The van der Waals surface area contributed by atoms with Gasteiger partial charge in [0.25, 0.3) is 0 Å². The zero-order valence-electron chi connectivity index (χ0n) is 36.5. The highest BCUT2D eigenvalue weighted by atomic mass is 32.1. The van der Waals surface area contributed by atoms with Gasteiger partial charge in [-0.25, -0.2) is 0 Å². The van der Waals surface area contributed by atoms with Gasteiger partial charge in [0.15, 0.2) is 0 Å². The first-order chi connectivity index (χ1) is 30.9. The number of hydrogen-bond donors (Lipinski definition) is 0. The topological polar surface area (TPSA) is 6.48 Å². The zero-order chi connectivity index (χ0) is 46.0. The van der Waals surface area contributed by atoms with Crippen molar-refractivity contribution in [2.45, 2.75) is 59.3 Å². The summed E-state index contributed by atoms with van der Waals surface area (Å²) in [6, 6.07) is 50.0. The van der Waals surface area contributed by atoms with Gasteiger partial charge in [-0.3, -0.25) is 0 Å². The Balaban J connectivity index is 1.08. The van der Waals surface area contributed by atoms with Crippen LogP contribution in [0, 0.1) is 41.5 Å². The summed E-state index contributed by atoms with van der Waals surface area (Å²) in [5.74, 6) is -16.0. The van der Waals surface area contributed by atoms with Crippen LogP contribution in [0.5, 0.6) is 0 Å². The smallest absolute Gasteiger partial charge is 0.311 e. The molecule has 2 aromatic heterocycles. The van der Waals surface area contributed by atoms with E-state index < -0.39 is 28.9 Å². The quantitative estimate of drug-likeness (QED) is 0.126. The van der Waals surface area contributed by atoms with Gasteiger partial charge in [-0.1, -0.05) is 95.1 Å². The fourth-order valence-corrected chi connectivity index (χ4v) is 10.7. The first-order valence-corrected chi connectivity index (χ1v) is 22.8. The van der Waals surface area contributed by atoms with Crippen LogP contribution in [-0.4, -0.2) is 17.8 Å². The Morgan fingerprint density at radius 2 is 0.569 bits per heavy atom. The molecule has 328 valence electrons. The van der Waals surface area contributed by atoms with Crippen molar-refractivity contribution in [2.75, 3.05) is 9.80 Å². The van der Waals surface area contributed by atoms with Crippen molar-refractivity contribution in [3.05, 3.63) is 199 Å². The molecule has 0 N–H and O–H groups in total. The molecule has 0 saturated heterocycles. The Hall–Kier alpha value is -6.36. The van der Waals surface area contributed by atoms with E-state index >= 15 is 26.3 Å². The maximum atomic E-state index is 16.1. The summed E-state index contributed by atoms with van der Waals surface area (Å²) in [7, 11) is 0.